The molecular formula is C25H25N3O2S. The van der Waals surface area contributed by atoms with Crippen LogP contribution in [0.1, 0.15) is 35.3 Å². The molecule has 1 atom stereocenters. The van der Waals surface area contributed by atoms with E-state index in [9.17, 15) is 9.59 Å². The molecule has 6 heteroatoms. The van der Waals surface area contributed by atoms with Crippen LogP contribution in [0.2, 0.25) is 0 Å². The van der Waals surface area contributed by atoms with E-state index in [1.807, 2.05) is 86.6 Å². The monoisotopic (exact) mass is 431 g/mol. The van der Waals surface area contributed by atoms with Crippen molar-refractivity contribution < 1.29 is 9.59 Å². The van der Waals surface area contributed by atoms with Crippen LogP contribution in [0.4, 0.5) is 5.69 Å². The molecule has 0 heterocycles. The zero-order valence-electron chi connectivity index (χ0n) is 17.5. The Morgan fingerprint density at radius 3 is 2.26 bits per heavy atom. The van der Waals surface area contributed by atoms with Crippen LogP contribution >= 0.6 is 11.8 Å². The van der Waals surface area contributed by atoms with E-state index in [-0.39, 0.29) is 17.1 Å². The first kappa shape index (κ1) is 22.3. The number of nitrogens with one attached hydrogen (secondary N) is 2. The molecule has 31 heavy (non-hydrogen) atoms. The van der Waals surface area contributed by atoms with Gasteiger partial charge in [-0.1, -0.05) is 60.7 Å². The van der Waals surface area contributed by atoms with Crippen LogP contribution in [-0.4, -0.2) is 22.8 Å². The molecule has 158 valence electrons. The average Bonchev–Trinajstić information content (AvgIpc) is 2.82. The second-order valence-electron chi connectivity index (χ2n) is 7.01. The third-order valence-corrected chi connectivity index (χ3v) is 5.83. The van der Waals surface area contributed by atoms with Crippen LogP contribution in [0.3, 0.4) is 0 Å². The van der Waals surface area contributed by atoms with Crippen LogP contribution in [-0.2, 0) is 10.5 Å². The van der Waals surface area contributed by atoms with Crippen molar-refractivity contribution in [3.63, 3.8) is 0 Å². The second-order valence-corrected chi connectivity index (χ2v) is 8.34. The molecule has 0 spiro atoms. The van der Waals surface area contributed by atoms with Gasteiger partial charge in [0.25, 0.3) is 11.8 Å². The Labute approximate surface area is 187 Å². The van der Waals surface area contributed by atoms with Crippen molar-refractivity contribution in [3.05, 3.63) is 102 Å². The average molecular weight is 432 g/mol. The minimum Gasteiger partial charge on any atom is -0.322 e. The number of carbonyl (C=O) groups is 2. The molecule has 0 radical (unpaired) electrons. The van der Waals surface area contributed by atoms with Crippen molar-refractivity contribution in [2.45, 2.75) is 24.9 Å². The van der Waals surface area contributed by atoms with Crippen molar-refractivity contribution in [2.75, 3.05) is 5.32 Å². The Kier molecular flexibility index (Phi) is 8.01. The minimum atomic E-state index is -0.228. The molecule has 0 saturated carbocycles. The Balaban J connectivity index is 1.56. The van der Waals surface area contributed by atoms with E-state index in [0.717, 1.165) is 11.3 Å². The summed E-state index contributed by atoms with van der Waals surface area (Å²) in [6.45, 7) is 3.69. The van der Waals surface area contributed by atoms with E-state index in [4.69, 9.17) is 0 Å². The maximum Gasteiger partial charge on any atom is 0.255 e. The Hall–Kier alpha value is -3.38. The summed E-state index contributed by atoms with van der Waals surface area (Å²) in [6, 6.07) is 26.5. The fourth-order valence-electron chi connectivity index (χ4n) is 2.78. The molecule has 0 aliphatic heterocycles. The van der Waals surface area contributed by atoms with Crippen molar-refractivity contribution >= 4 is 35.0 Å². The number of hydrogen-bond acceptors (Lipinski definition) is 4. The highest BCUT2D eigenvalue weighted by atomic mass is 32.2. The maximum atomic E-state index is 12.4. The van der Waals surface area contributed by atoms with Gasteiger partial charge < -0.3 is 5.32 Å². The predicted octanol–water partition coefficient (Wildman–Crippen LogP) is 5.10. The van der Waals surface area contributed by atoms with E-state index in [1.165, 1.54) is 5.56 Å². The van der Waals surface area contributed by atoms with Crippen molar-refractivity contribution in [1.82, 2.24) is 5.43 Å². The fraction of sp³-hybridized carbons (Fsp3) is 0.160. The minimum absolute atomic E-state index is 0.145. The first-order valence-electron chi connectivity index (χ1n) is 9.99. The molecule has 2 amide bonds. The number of anilines is 1. The van der Waals surface area contributed by atoms with Crippen molar-refractivity contribution in [2.24, 2.45) is 5.10 Å². The van der Waals surface area contributed by atoms with Gasteiger partial charge in [0, 0.05) is 17.0 Å². The van der Waals surface area contributed by atoms with E-state index < -0.39 is 0 Å². The summed E-state index contributed by atoms with van der Waals surface area (Å²) in [4.78, 5) is 24.7. The Morgan fingerprint density at radius 2 is 1.55 bits per heavy atom. The molecule has 3 aromatic carbocycles. The maximum absolute atomic E-state index is 12.4. The molecule has 0 unspecified atom stereocenters. The molecular weight excluding hydrogens is 406 g/mol. The third kappa shape index (κ3) is 6.83. The molecule has 3 rings (SSSR count). The summed E-state index contributed by atoms with van der Waals surface area (Å²) in [6.07, 6.45) is 0. The largest absolute Gasteiger partial charge is 0.322 e. The molecule has 0 saturated heterocycles. The van der Waals surface area contributed by atoms with E-state index in [0.29, 0.717) is 17.0 Å². The molecule has 3 aromatic rings. The summed E-state index contributed by atoms with van der Waals surface area (Å²) in [5, 5.41) is 6.90. The third-order valence-electron chi connectivity index (χ3n) is 4.62. The van der Waals surface area contributed by atoms with Crippen LogP contribution in [0, 0.1) is 0 Å². The van der Waals surface area contributed by atoms with Crippen LogP contribution in [0.15, 0.2) is 90.0 Å². The van der Waals surface area contributed by atoms with Gasteiger partial charge in [-0.2, -0.15) is 5.10 Å². The zero-order valence-corrected chi connectivity index (χ0v) is 18.4. The highest BCUT2D eigenvalue weighted by Gasteiger charge is 2.13. The van der Waals surface area contributed by atoms with Gasteiger partial charge in [0.15, 0.2) is 0 Å². The topological polar surface area (TPSA) is 70.6 Å². The number of nitrogens with zero attached hydrogens (tertiary/aromatic N) is 1. The number of amides is 2. The summed E-state index contributed by atoms with van der Waals surface area (Å²) in [5.41, 5.74) is 6.55. The molecule has 0 aliphatic rings. The van der Waals surface area contributed by atoms with Gasteiger partial charge in [-0.25, -0.2) is 5.43 Å². The van der Waals surface area contributed by atoms with Crippen LogP contribution in [0.5, 0.6) is 0 Å². The summed E-state index contributed by atoms with van der Waals surface area (Å²) in [5.74, 6) is 0.445. The molecule has 0 bridgehead atoms. The summed E-state index contributed by atoms with van der Waals surface area (Å²) < 4.78 is 0. The van der Waals surface area contributed by atoms with Crippen LogP contribution in [0.25, 0.3) is 0 Å². The number of hydrazone groups is 1. The van der Waals surface area contributed by atoms with Gasteiger partial charge in [-0.3, -0.25) is 9.59 Å². The molecule has 2 N–H and O–H groups in total. The highest BCUT2D eigenvalue weighted by molar-refractivity contribution is 7.99. The van der Waals surface area contributed by atoms with Gasteiger partial charge >= 0.3 is 0 Å². The lowest BCUT2D eigenvalue weighted by Crippen LogP contribution is -2.27. The first-order valence-corrected chi connectivity index (χ1v) is 11.0. The van der Waals surface area contributed by atoms with Crippen molar-refractivity contribution in [1.29, 1.82) is 0 Å². The number of rotatable bonds is 8. The van der Waals surface area contributed by atoms with E-state index in [1.54, 1.807) is 23.9 Å². The smallest absolute Gasteiger partial charge is 0.255 e. The number of hydrogen-bond donors (Lipinski definition) is 2. The van der Waals surface area contributed by atoms with Gasteiger partial charge in [-0.05, 0) is 49.2 Å². The zero-order chi connectivity index (χ0) is 22.1. The predicted molar refractivity (Wildman–Crippen MR) is 128 cm³/mol. The molecule has 0 aliphatic carbocycles. The molecule has 0 aromatic heterocycles. The van der Waals surface area contributed by atoms with Gasteiger partial charge in [0.2, 0.25) is 0 Å². The summed E-state index contributed by atoms with van der Waals surface area (Å²) >= 11 is 1.56. The quantitative estimate of drug-likeness (QED) is 0.385. The standard InChI is InChI=1S/C25H25N3O2S/c1-18(27-28-24(29)19(2)31-17-20-10-5-3-6-11-20)22-14-9-15-23(16-22)26-25(30)21-12-7-4-8-13-21/h3-16,19H,17H2,1-2H3,(H,26,30)(H,28,29)/b27-18-/t19-/m1/s1. The van der Waals surface area contributed by atoms with Gasteiger partial charge in [0.05, 0.1) is 11.0 Å². The molecule has 5 nitrogen and oxygen atoms in total. The highest BCUT2D eigenvalue weighted by Crippen LogP contribution is 2.18. The lowest BCUT2D eigenvalue weighted by molar-refractivity contribution is -0.120. The Bertz CT molecular complexity index is 1050. The lowest BCUT2D eigenvalue weighted by atomic mass is 10.1. The number of thioether (sulfide) groups is 1. The second kappa shape index (κ2) is 11.1. The number of carbonyl (C=O) groups excluding carboxylic acids is 2. The SMILES string of the molecule is C/C(=N/NC(=O)[C@@H](C)SCc1ccccc1)c1cccc(NC(=O)c2ccccc2)c1. The lowest BCUT2D eigenvalue weighted by Gasteiger charge is -2.11. The Morgan fingerprint density at radius 1 is 0.903 bits per heavy atom. The van der Waals surface area contributed by atoms with Gasteiger partial charge in [-0.15, -0.1) is 11.8 Å². The van der Waals surface area contributed by atoms with Crippen molar-refractivity contribution in [3.8, 4) is 0 Å². The number of benzene rings is 3. The fourth-order valence-corrected chi connectivity index (χ4v) is 3.62. The summed E-state index contributed by atoms with van der Waals surface area (Å²) in [7, 11) is 0. The van der Waals surface area contributed by atoms with Crippen LogP contribution < -0.4 is 10.7 Å². The van der Waals surface area contributed by atoms with E-state index >= 15 is 0 Å². The normalized spacial score (nSPS) is 12.1. The molecule has 0 fully saturated rings. The van der Waals surface area contributed by atoms with E-state index in [2.05, 4.69) is 15.8 Å². The first-order chi connectivity index (χ1) is 15.0. The van der Waals surface area contributed by atoms with Gasteiger partial charge in [0.1, 0.15) is 0 Å².